The molecule has 0 aromatic heterocycles. The first-order valence-corrected chi connectivity index (χ1v) is 8.29. The number of unbranched alkanes of at least 4 members (excludes halogenated alkanes) is 1. The second-order valence-corrected chi connectivity index (χ2v) is 5.88. The van der Waals surface area contributed by atoms with Crippen LogP contribution in [0.3, 0.4) is 0 Å². The minimum absolute atomic E-state index is 0.652. The summed E-state index contributed by atoms with van der Waals surface area (Å²) < 4.78 is 11.0. The van der Waals surface area contributed by atoms with Gasteiger partial charge >= 0.3 is 0 Å². The topological polar surface area (TPSA) is 30.5 Å². The van der Waals surface area contributed by atoms with Gasteiger partial charge in [0.05, 0.1) is 7.11 Å². The molecule has 3 nitrogen and oxygen atoms in total. The van der Waals surface area contributed by atoms with Crippen LogP contribution in [0.5, 0.6) is 5.75 Å². The van der Waals surface area contributed by atoms with Gasteiger partial charge in [-0.2, -0.15) is 0 Å². The Labute approximate surface area is 129 Å². The summed E-state index contributed by atoms with van der Waals surface area (Å²) in [5, 5.41) is 3.63. The molecule has 1 aliphatic carbocycles. The molecule has 0 saturated heterocycles. The molecule has 1 aliphatic rings. The third-order valence-electron chi connectivity index (χ3n) is 4.26. The average Bonchev–Trinajstić information content (AvgIpc) is 2.48. The maximum absolute atomic E-state index is 5.57. The summed E-state index contributed by atoms with van der Waals surface area (Å²) in [5.41, 5.74) is 1.36. The van der Waals surface area contributed by atoms with Crippen molar-refractivity contribution in [3.05, 3.63) is 29.8 Å². The van der Waals surface area contributed by atoms with Crippen LogP contribution in [-0.4, -0.2) is 32.9 Å². The van der Waals surface area contributed by atoms with E-state index in [1.165, 1.54) is 31.2 Å². The predicted octanol–water partition coefficient (Wildman–Crippen LogP) is 3.74. The summed E-state index contributed by atoms with van der Waals surface area (Å²) >= 11 is 0. The van der Waals surface area contributed by atoms with Crippen LogP contribution in [-0.2, 0) is 4.74 Å². The summed E-state index contributed by atoms with van der Waals surface area (Å²) in [5.74, 6) is 1.68. The molecular formula is C18H29NO2. The maximum atomic E-state index is 5.57. The van der Waals surface area contributed by atoms with Crippen molar-refractivity contribution < 1.29 is 9.47 Å². The van der Waals surface area contributed by atoms with Gasteiger partial charge in [-0.1, -0.05) is 31.5 Å². The smallest absolute Gasteiger partial charge is 0.122 e. The van der Waals surface area contributed by atoms with Gasteiger partial charge in [0.2, 0.25) is 0 Å². The fourth-order valence-corrected chi connectivity index (χ4v) is 2.87. The highest BCUT2D eigenvalue weighted by Gasteiger charge is 2.31. The SMILES string of the molecule is CCCCOCCCNC1CC(c2ccccc2OC)C1. The van der Waals surface area contributed by atoms with Crippen LogP contribution in [0.2, 0.25) is 0 Å². The van der Waals surface area contributed by atoms with Gasteiger partial charge in [-0.05, 0) is 49.8 Å². The van der Waals surface area contributed by atoms with Crippen molar-refractivity contribution in [2.75, 3.05) is 26.9 Å². The van der Waals surface area contributed by atoms with E-state index in [0.29, 0.717) is 12.0 Å². The van der Waals surface area contributed by atoms with Crippen molar-refractivity contribution in [3.8, 4) is 5.75 Å². The van der Waals surface area contributed by atoms with Gasteiger partial charge in [0.25, 0.3) is 0 Å². The van der Waals surface area contributed by atoms with Gasteiger partial charge in [-0.15, -0.1) is 0 Å². The van der Waals surface area contributed by atoms with Crippen LogP contribution in [0.25, 0.3) is 0 Å². The van der Waals surface area contributed by atoms with Crippen LogP contribution in [0, 0.1) is 0 Å². The highest BCUT2D eigenvalue weighted by Crippen LogP contribution is 2.40. The third-order valence-corrected chi connectivity index (χ3v) is 4.26. The van der Waals surface area contributed by atoms with Gasteiger partial charge < -0.3 is 14.8 Å². The van der Waals surface area contributed by atoms with Crippen molar-refractivity contribution in [2.45, 2.75) is 51.0 Å². The Hall–Kier alpha value is -1.06. The monoisotopic (exact) mass is 291 g/mol. The van der Waals surface area contributed by atoms with E-state index in [2.05, 4.69) is 30.4 Å². The zero-order chi connectivity index (χ0) is 14.9. The number of para-hydroxylation sites is 1. The summed E-state index contributed by atoms with van der Waals surface area (Å²) in [6, 6.07) is 9.06. The van der Waals surface area contributed by atoms with E-state index in [9.17, 15) is 0 Å². The van der Waals surface area contributed by atoms with Crippen LogP contribution in [0.4, 0.5) is 0 Å². The maximum Gasteiger partial charge on any atom is 0.122 e. The summed E-state index contributed by atoms with van der Waals surface area (Å²) in [4.78, 5) is 0. The van der Waals surface area contributed by atoms with Gasteiger partial charge in [-0.25, -0.2) is 0 Å². The summed E-state index contributed by atoms with van der Waals surface area (Å²) in [6.45, 7) is 5.06. The van der Waals surface area contributed by atoms with E-state index < -0.39 is 0 Å². The van der Waals surface area contributed by atoms with Gasteiger partial charge in [-0.3, -0.25) is 0 Å². The Bertz CT molecular complexity index is 402. The first-order valence-electron chi connectivity index (χ1n) is 8.29. The van der Waals surface area contributed by atoms with Crippen LogP contribution < -0.4 is 10.1 Å². The number of rotatable bonds is 10. The van der Waals surface area contributed by atoms with Crippen LogP contribution in [0.1, 0.15) is 50.5 Å². The Balaban J connectivity index is 1.57. The van der Waals surface area contributed by atoms with E-state index in [1.807, 2.05) is 6.07 Å². The second kappa shape index (κ2) is 9.06. The molecule has 0 heterocycles. The molecule has 1 aromatic carbocycles. The lowest BCUT2D eigenvalue weighted by Crippen LogP contribution is -2.40. The standard InChI is InChI=1S/C18H29NO2/c1-3-4-11-21-12-7-10-19-16-13-15(14-16)17-8-5-6-9-18(17)20-2/h5-6,8-9,15-16,19H,3-4,7,10-14H2,1-2H3. The molecule has 2 rings (SSSR count). The molecule has 0 aliphatic heterocycles. The summed E-state index contributed by atoms with van der Waals surface area (Å²) in [7, 11) is 1.76. The average molecular weight is 291 g/mol. The number of hydrogen-bond donors (Lipinski definition) is 1. The quantitative estimate of drug-likeness (QED) is 0.666. The zero-order valence-electron chi connectivity index (χ0n) is 13.4. The molecule has 0 radical (unpaired) electrons. The Morgan fingerprint density at radius 3 is 2.67 bits per heavy atom. The van der Waals surface area contributed by atoms with Crippen molar-refractivity contribution in [3.63, 3.8) is 0 Å². The molecule has 1 saturated carbocycles. The van der Waals surface area contributed by atoms with E-state index >= 15 is 0 Å². The van der Waals surface area contributed by atoms with Crippen molar-refractivity contribution in [2.24, 2.45) is 0 Å². The van der Waals surface area contributed by atoms with Gasteiger partial charge in [0.15, 0.2) is 0 Å². The molecule has 0 spiro atoms. The van der Waals surface area contributed by atoms with E-state index in [4.69, 9.17) is 9.47 Å². The molecule has 0 unspecified atom stereocenters. The minimum atomic E-state index is 0.652. The molecule has 0 bridgehead atoms. The molecule has 3 heteroatoms. The Morgan fingerprint density at radius 1 is 1.14 bits per heavy atom. The Kier molecular flexibility index (Phi) is 7.04. The van der Waals surface area contributed by atoms with Gasteiger partial charge in [0.1, 0.15) is 5.75 Å². The number of methoxy groups -OCH3 is 1. The highest BCUT2D eigenvalue weighted by atomic mass is 16.5. The molecule has 0 amide bonds. The second-order valence-electron chi connectivity index (χ2n) is 5.88. The number of ether oxygens (including phenoxy) is 2. The minimum Gasteiger partial charge on any atom is -0.496 e. The predicted molar refractivity (Wildman–Crippen MR) is 87.1 cm³/mol. The molecular weight excluding hydrogens is 262 g/mol. The molecule has 1 N–H and O–H groups in total. The number of nitrogens with one attached hydrogen (secondary N) is 1. The van der Waals surface area contributed by atoms with Crippen LogP contribution >= 0.6 is 0 Å². The molecule has 1 fully saturated rings. The normalized spacial score (nSPS) is 21.0. The fourth-order valence-electron chi connectivity index (χ4n) is 2.87. The first-order chi connectivity index (χ1) is 10.3. The van der Waals surface area contributed by atoms with E-state index in [-0.39, 0.29) is 0 Å². The van der Waals surface area contributed by atoms with Crippen molar-refractivity contribution in [1.29, 1.82) is 0 Å². The fraction of sp³-hybridized carbons (Fsp3) is 0.667. The van der Waals surface area contributed by atoms with Crippen LogP contribution in [0.15, 0.2) is 24.3 Å². The van der Waals surface area contributed by atoms with Crippen molar-refractivity contribution >= 4 is 0 Å². The number of hydrogen-bond acceptors (Lipinski definition) is 3. The molecule has 1 aromatic rings. The Morgan fingerprint density at radius 2 is 1.90 bits per heavy atom. The van der Waals surface area contributed by atoms with Gasteiger partial charge in [0, 0.05) is 19.3 Å². The summed E-state index contributed by atoms with van der Waals surface area (Å²) in [6.07, 6.45) is 5.94. The molecule has 0 atom stereocenters. The third kappa shape index (κ3) is 5.01. The van der Waals surface area contributed by atoms with E-state index in [0.717, 1.165) is 31.9 Å². The largest absolute Gasteiger partial charge is 0.496 e. The highest BCUT2D eigenvalue weighted by molar-refractivity contribution is 5.37. The lowest BCUT2D eigenvalue weighted by Gasteiger charge is -2.37. The lowest BCUT2D eigenvalue weighted by molar-refractivity contribution is 0.126. The van der Waals surface area contributed by atoms with Crippen molar-refractivity contribution in [1.82, 2.24) is 5.32 Å². The lowest BCUT2D eigenvalue weighted by atomic mass is 9.75. The molecule has 118 valence electrons. The number of benzene rings is 1. The first kappa shape index (κ1) is 16.3. The zero-order valence-corrected chi connectivity index (χ0v) is 13.4. The molecule has 21 heavy (non-hydrogen) atoms. The van der Waals surface area contributed by atoms with E-state index in [1.54, 1.807) is 7.11 Å².